The van der Waals surface area contributed by atoms with E-state index in [0.29, 0.717) is 13.0 Å². The van der Waals surface area contributed by atoms with Gasteiger partial charge in [0, 0.05) is 31.7 Å². The second-order valence-corrected chi connectivity index (χ2v) is 7.15. The second kappa shape index (κ2) is 7.13. The van der Waals surface area contributed by atoms with E-state index in [2.05, 4.69) is 23.3 Å². The molecule has 1 heterocycles. The molecule has 1 atom stereocenters. The molecule has 1 aromatic carbocycles. The zero-order chi connectivity index (χ0) is 17.9. The van der Waals surface area contributed by atoms with Gasteiger partial charge < -0.3 is 10.6 Å². The van der Waals surface area contributed by atoms with E-state index in [4.69, 9.17) is 5.73 Å². The number of likely N-dealkylation sites (N-methyl/N-ethyl adjacent to an activating group) is 1. The number of aryl methyl sites for hydroxylation is 1. The zero-order valence-corrected chi connectivity index (χ0v) is 15.2. The summed E-state index contributed by atoms with van der Waals surface area (Å²) in [6, 6.07) is 7.68. The molecular weight excluding hydrogens is 302 g/mol. The summed E-state index contributed by atoms with van der Waals surface area (Å²) in [5, 5.41) is 8.22. The van der Waals surface area contributed by atoms with Gasteiger partial charge in [-0.3, -0.25) is 4.79 Å². The van der Waals surface area contributed by atoms with Crippen LogP contribution in [0.3, 0.4) is 0 Å². The Hall–Kier alpha value is -2.21. The lowest BCUT2D eigenvalue weighted by atomic mass is 10.0. The number of nitrogens with zero attached hydrogens (tertiary/aromatic N) is 4. The van der Waals surface area contributed by atoms with Crippen LogP contribution < -0.4 is 5.73 Å². The molecule has 1 aromatic heterocycles. The van der Waals surface area contributed by atoms with Gasteiger partial charge in [-0.05, 0) is 38.8 Å². The van der Waals surface area contributed by atoms with Crippen molar-refractivity contribution < 1.29 is 4.79 Å². The minimum Gasteiger partial charge on any atom is -0.340 e. The maximum atomic E-state index is 12.7. The van der Waals surface area contributed by atoms with Gasteiger partial charge in [0.25, 0.3) is 0 Å². The van der Waals surface area contributed by atoms with Crippen molar-refractivity contribution in [2.75, 3.05) is 7.05 Å². The smallest absolute Gasteiger partial charge is 0.247 e. The number of nitrogens with two attached hydrogens (primary N) is 1. The van der Waals surface area contributed by atoms with Gasteiger partial charge >= 0.3 is 0 Å². The average Bonchev–Trinajstić information content (AvgIpc) is 2.94. The van der Waals surface area contributed by atoms with Crippen molar-refractivity contribution in [1.29, 1.82) is 0 Å². The zero-order valence-electron chi connectivity index (χ0n) is 15.2. The summed E-state index contributed by atoms with van der Waals surface area (Å²) in [5.74, 6) is 0.00158. The molecule has 0 radical (unpaired) electrons. The van der Waals surface area contributed by atoms with Crippen LogP contribution in [0, 0.1) is 6.92 Å². The molecule has 1 amide bonds. The maximum Gasteiger partial charge on any atom is 0.247 e. The Kier molecular flexibility index (Phi) is 5.39. The third-order valence-electron chi connectivity index (χ3n) is 3.99. The molecule has 1 unspecified atom stereocenters. The maximum absolute atomic E-state index is 12.7. The van der Waals surface area contributed by atoms with Crippen LogP contribution in [0.5, 0.6) is 0 Å². The molecule has 0 fully saturated rings. The first-order valence-corrected chi connectivity index (χ1v) is 8.16. The summed E-state index contributed by atoms with van der Waals surface area (Å²) in [6.45, 7) is 8.35. The number of hydrogen-bond acceptors (Lipinski definition) is 4. The first-order valence-electron chi connectivity index (χ1n) is 8.16. The molecule has 130 valence electrons. The minimum atomic E-state index is -0.402. The van der Waals surface area contributed by atoms with Crippen molar-refractivity contribution in [1.82, 2.24) is 19.9 Å². The topological polar surface area (TPSA) is 77.0 Å². The normalized spacial score (nSPS) is 12.9. The Bertz CT molecular complexity index is 701. The van der Waals surface area contributed by atoms with Crippen molar-refractivity contribution in [2.24, 2.45) is 5.73 Å². The Balaban J connectivity index is 2.05. The summed E-state index contributed by atoms with van der Waals surface area (Å²) < 4.78 is 1.61. The quantitative estimate of drug-likeness (QED) is 0.880. The number of carbonyl (C=O) groups excluding carboxylic acids is 1. The Morgan fingerprint density at radius 1 is 1.38 bits per heavy atom. The summed E-state index contributed by atoms with van der Waals surface area (Å²) in [7, 11) is 1.81. The van der Waals surface area contributed by atoms with Crippen LogP contribution in [0.25, 0.3) is 0 Å². The number of hydrogen-bond donors (Lipinski definition) is 1. The molecule has 2 aromatic rings. The summed E-state index contributed by atoms with van der Waals surface area (Å²) in [4.78, 5) is 14.4. The van der Waals surface area contributed by atoms with Gasteiger partial charge in [-0.2, -0.15) is 0 Å². The molecule has 6 heteroatoms. The van der Waals surface area contributed by atoms with Crippen LogP contribution in [-0.2, 0) is 17.8 Å². The fourth-order valence-electron chi connectivity index (χ4n) is 2.60. The van der Waals surface area contributed by atoms with E-state index in [-0.39, 0.29) is 11.4 Å². The number of benzene rings is 1. The fourth-order valence-corrected chi connectivity index (χ4v) is 2.60. The van der Waals surface area contributed by atoms with Crippen molar-refractivity contribution >= 4 is 5.91 Å². The van der Waals surface area contributed by atoms with E-state index in [9.17, 15) is 4.79 Å². The fraction of sp³-hybridized carbons (Fsp3) is 0.500. The molecular formula is C18H27N5O. The van der Waals surface area contributed by atoms with Gasteiger partial charge in [0.15, 0.2) is 0 Å². The Labute approximate surface area is 143 Å². The predicted octanol–water partition coefficient (Wildman–Crippen LogP) is 2.09. The summed E-state index contributed by atoms with van der Waals surface area (Å²) in [6.07, 6.45) is 2.42. The molecule has 2 rings (SSSR count). The minimum absolute atomic E-state index is 0.00158. The standard InChI is InChI=1S/C18H27N5O/c1-13-8-6-7-9-15(13)11-22(5)17(24)14(2)23-12-16(20-21-23)10-18(3,4)19/h6-9,12,14H,10-11,19H2,1-5H3. The summed E-state index contributed by atoms with van der Waals surface area (Å²) >= 11 is 0. The molecule has 0 bridgehead atoms. The highest BCUT2D eigenvalue weighted by molar-refractivity contribution is 5.79. The SMILES string of the molecule is Cc1ccccc1CN(C)C(=O)C(C)n1cc(CC(C)(C)N)nn1. The molecule has 0 saturated heterocycles. The molecule has 0 spiro atoms. The molecule has 0 aliphatic rings. The van der Waals surface area contributed by atoms with Gasteiger partial charge in [-0.15, -0.1) is 5.10 Å². The summed E-state index contributed by atoms with van der Waals surface area (Å²) in [5.41, 5.74) is 8.77. The van der Waals surface area contributed by atoms with E-state index >= 15 is 0 Å². The first kappa shape index (κ1) is 18.1. The van der Waals surface area contributed by atoms with Gasteiger partial charge in [-0.25, -0.2) is 4.68 Å². The van der Waals surface area contributed by atoms with Crippen LogP contribution in [0.2, 0.25) is 0 Å². The second-order valence-electron chi connectivity index (χ2n) is 7.15. The molecule has 0 aliphatic heterocycles. The van der Waals surface area contributed by atoms with Gasteiger partial charge in [0.2, 0.25) is 5.91 Å². The third kappa shape index (κ3) is 4.64. The van der Waals surface area contributed by atoms with Gasteiger partial charge in [-0.1, -0.05) is 29.5 Å². The number of rotatable bonds is 6. The highest BCUT2D eigenvalue weighted by Gasteiger charge is 2.22. The van der Waals surface area contributed by atoms with E-state index < -0.39 is 6.04 Å². The van der Waals surface area contributed by atoms with E-state index in [0.717, 1.165) is 11.3 Å². The predicted molar refractivity (Wildman–Crippen MR) is 94.4 cm³/mol. The number of aromatic nitrogens is 3. The number of amides is 1. The van der Waals surface area contributed by atoms with Crippen LogP contribution in [-0.4, -0.2) is 38.4 Å². The van der Waals surface area contributed by atoms with Crippen molar-refractivity contribution in [3.05, 3.63) is 47.3 Å². The molecule has 0 saturated carbocycles. The number of carbonyl (C=O) groups is 1. The van der Waals surface area contributed by atoms with Gasteiger partial charge in [0.05, 0.1) is 5.69 Å². The molecule has 2 N–H and O–H groups in total. The lowest BCUT2D eigenvalue weighted by Crippen LogP contribution is -2.34. The van der Waals surface area contributed by atoms with Crippen molar-refractivity contribution in [3.8, 4) is 0 Å². The van der Waals surface area contributed by atoms with E-state index in [1.807, 2.05) is 46.0 Å². The van der Waals surface area contributed by atoms with Crippen LogP contribution in [0.1, 0.15) is 43.6 Å². The monoisotopic (exact) mass is 329 g/mol. The Morgan fingerprint density at radius 2 is 2.04 bits per heavy atom. The van der Waals surface area contributed by atoms with Crippen LogP contribution >= 0.6 is 0 Å². The van der Waals surface area contributed by atoms with E-state index in [1.54, 1.807) is 15.8 Å². The van der Waals surface area contributed by atoms with Crippen LogP contribution in [0.4, 0.5) is 0 Å². The average molecular weight is 329 g/mol. The highest BCUT2D eigenvalue weighted by Crippen LogP contribution is 2.15. The van der Waals surface area contributed by atoms with Crippen molar-refractivity contribution in [3.63, 3.8) is 0 Å². The van der Waals surface area contributed by atoms with Gasteiger partial charge in [0.1, 0.15) is 6.04 Å². The lowest BCUT2D eigenvalue weighted by Gasteiger charge is -2.22. The largest absolute Gasteiger partial charge is 0.340 e. The Morgan fingerprint density at radius 3 is 2.67 bits per heavy atom. The van der Waals surface area contributed by atoms with Crippen LogP contribution in [0.15, 0.2) is 30.5 Å². The third-order valence-corrected chi connectivity index (χ3v) is 3.99. The highest BCUT2D eigenvalue weighted by atomic mass is 16.2. The first-order chi connectivity index (χ1) is 11.2. The lowest BCUT2D eigenvalue weighted by molar-refractivity contribution is -0.133. The molecule has 6 nitrogen and oxygen atoms in total. The molecule has 24 heavy (non-hydrogen) atoms. The van der Waals surface area contributed by atoms with E-state index in [1.165, 1.54) is 5.56 Å². The molecule has 0 aliphatic carbocycles. The van der Waals surface area contributed by atoms with Crippen molar-refractivity contribution in [2.45, 2.75) is 52.2 Å².